The molecule has 38 heavy (non-hydrogen) atoms. The number of ether oxygens (including phenoxy) is 3. The third kappa shape index (κ3) is 12.8. The molecule has 0 aliphatic carbocycles. The van der Waals surface area contributed by atoms with Gasteiger partial charge in [-0.2, -0.15) is 13.2 Å². The molecule has 0 aliphatic heterocycles. The molecule has 0 saturated heterocycles. The Kier molecular flexibility index (Phi) is 13.4. The number of alkyl halides is 3. The number of carbonyl (C=O) groups is 2. The van der Waals surface area contributed by atoms with Crippen molar-refractivity contribution in [2.24, 2.45) is 0 Å². The monoisotopic (exact) mass is 540 g/mol. The summed E-state index contributed by atoms with van der Waals surface area (Å²) in [5.41, 5.74) is 1.85. The number of benzene rings is 2. The van der Waals surface area contributed by atoms with Crippen LogP contribution in [-0.2, 0) is 27.1 Å². The van der Waals surface area contributed by atoms with Gasteiger partial charge in [-0.05, 0) is 43.0 Å². The molecule has 0 saturated carbocycles. The van der Waals surface area contributed by atoms with E-state index in [1.165, 1.54) is 4.90 Å². The van der Waals surface area contributed by atoms with Crippen LogP contribution < -0.4 is 10.1 Å². The van der Waals surface area contributed by atoms with Crippen molar-refractivity contribution in [1.82, 2.24) is 10.2 Å². The number of amides is 2. The predicted molar refractivity (Wildman–Crippen MR) is 135 cm³/mol. The van der Waals surface area contributed by atoms with E-state index in [1.807, 2.05) is 30.3 Å². The SMILES string of the molecule is CCOC(Cc1ccc(OCCN(CCCOCC(F)(F)F)C(=O)NCCc2ccccc2)cc1)C(=O)O. The lowest BCUT2D eigenvalue weighted by Crippen LogP contribution is -2.43. The van der Waals surface area contributed by atoms with Gasteiger partial charge in [-0.25, -0.2) is 9.59 Å². The molecule has 0 radical (unpaired) electrons. The number of rotatable bonds is 17. The normalized spacial score (nSPS) is 12.1. The lowest BCUT2D eigenvalue weighted by atomic mass is 10.1. The minimum Gasteiger partial charge on any atom is -0.492 e. The highest BCUT2D eigenvalue weighted by atomic mass is 19.4. The number of carboxylic acid groups (broad SMARTS) is 1. The first-order valence-electron chi connectivity index (χ1n) is 12.4. The Bertz CT molecular complexity index is 958. The lowest BCUT2D eigenvalue weighted by Gasteiger charge is -2.23. The van der Waals surface area contributed by atoms with Gasteiger partial charge in [0.05, 0.1) is 6.54 Å². The van der Waals surface area contributed by atoms with E-state index in [0.29, 0.717) is 25.3 Å². The van der Waals surface area contributed by atoms with Gasteiger partial charge in [0.1, 0.15) is 19.0 Å². The van der Waals surface area contributed by atoms with Crippen molar-refractivity contribution in [1.29, 1.82) is 0 Å². The summed E-state index contributed by atoms with van der Waals surface area (Å²) in [5.74, 6) is -0.492. The summed E-state index contributed by atoms with van der Waals surface area (Å²) in [6, 6.07) is 16.2. The molecule has 0 aliphatic rings. The van der Waals surface area contributed by atoms with Gasteiger partial charge in [-0.3, -0.25) is 0 Å². The Morgan fingerprint density at radius 2 is 1.71 bits per heavy atom. The summed E-state index contributed by atoms with van der Waals surface area (Å²) >= 11 is 0. The minimum absolute atomic E-state index is 0.130. The molecule has 8 nitrogen and oxygen atoms in total. The Morgan fingerprint density at radius 1 is 1.00 bits per heavy atom. The number of urea groups is 1. The highest BCUT2D eigenvalue weighted by molar-refractivity contribution is 5.74. The second kappa shape index (κ2) is 16.5. The van der Waals surface area contributed by atoms with Crippen LogP contribution in [-0.4, -0.2) is 80.3 Å². The fourth-order valence-corrected chi connectivity index (χ4v) is 3.56. The first kappa shape index (κ1) is 30.9. The van der Waals surface area contributed by atoms with Crippen molar-refractivity contribution < 1.29 is 42.1 Å². The quantitative estimate of drug-likeness (QED) is 0.290. The smallest absolute Gasteiger partial charge is 0.411 e. The molecule has 0 spiro atoms. The molecule has 210 valence electrons. The van der Waals surface area contributed by atoms with E-state index in [0.717, 1.165) is 11.1 Å². The van der Waals surface area contributed by atoms with Gasteiger partial charge in [0.15, 0.2) is 6.10 Å². The van der Waals surface area contributed by atoms with Crippen molar-refractivity contribution in [3.8, 4) is 5.75 Å². The zero-order valence-electron chi connectivity index (χ0n) is 21.4. The second-order valence-electron chi connectivity index (χ2n) is 8.45. The van der Waals surface area contributed by atoms with Crippen LogP contribution in [0.4, 0.5) is 18.0 Å². The van der Waals surface area contributed by atoms with Crippen molar-refractivity contribution in [2.75, 3.05) is 46.1 Å². The molecule has 0 aromatic heterocycles. The molecule has 2 aromatic rings. The van der Waals surface area contributed by atoms with E-state index in [2.05, 4.69) is 10.1 Å². The number of carboxylic acids is 1. The van der Waals surface area contributed by atoms with Crippen LogP contribution in [0.15, 0.2) is 54.6 Å². The molecular formula is C27H35F3N2O6. The van der Waals surface area contributed by atoms with Crippen LogP contribution >= 0.6 is 0 Å². The van der Waals surface area contributed by atoms with Crippen LogP contribution in [0.5, 0.6) is 5.75 Å². The standard InChI is InChI=1S/C27H35F3N2O6/c1-2-37-24(25(33)34)19-22-9-11-23(12-10-22)38-18-16-32(15-6-17-36-20-27(28,29)30)26(35)31-14-13-21-7-4-3-5-8-21/h3-5,7-12,24H,2,6,13-20H2,1H3,(H,31,35)(H,33,34). The number of nitrogens with zero attached hydrogens (tertiary/aromatic N) is 1. The van der Waals surface area contributed by atoms with Crippen LogP contribution in [0.25, 0.3) is 0 Å². The van der Waals surface area contributed by atoms with Crippen molar-refractivity contribution in [3.63, 3.8) is 0 Å². The largest absolute Gasteiger partial charge is 0.492 e. The maximum absolute atomic E-state index is 12.7. The van der Waals surface area contributed by atoms with E-state index < -0.39 is 24.9 Å². The number of aliphatic carboxylic acids is 1. The number of hydrogen-bond donors (Lipinski definition) is 2. The molecule has 2 amide bonds. The van der Waals surface area contributed by atoms with Gasteiger partial charge in [0, 0.05) is 32.7 Å². The van der Waals surface area contributed by atoms with Crippen LogP contribution in [0.3, 0.4) is 0 Å². The number of halogens is 3. The summed E-state index contributed by atoms with van der Waals surface area (Å²) in [6.07, 6.45) is -4.22. The molecule has 1 unspecified atom stereocenters. The highest BCUT2D eigenvalue weighted by Gasteiger charge is 2.27. The average Bonchev–Trinajstić information content (AvgIpc) is 2.88. The Labute approximate surface area is 220 Å². The van der Waals surface area contributed by atoms with Gasteiger partial charge < -0.3 is 29.5 Å². The zero-order chi connectivity index (χ0) is 27.8. The van der Waals surface area contributed by atoms with Gasteiger partial charge in [0.2, 0.25) is 0 Å². The Balaban J connectivity index is 1.85. The molecule has 0 bridgehead atoms. The van der Waals surface area contributed by atoms with E-state index in [4.69, 9.17) is 9.47 Å². The van der Waals surface area contributed by atoms with E-state index >= 15 is 0 Å². The van der Waals surface area contributed by atoms with Crippen LogP contribution in [0, 0.1) is 0 Å². The zero-order valence-corrected chi connectivity index (χ0v) is 21.4. The first-order chi connectivity index (χ1) is 18.2. The Hall–Kier alpha value is -3.31. The summed E-state index contributed by atoms with van der Waals surface area (Å²) in [6.45, 7) is 1.55. The van der Waals surface area contributed by atoms with Crippen molar-refractivity contribution in [2.45, 2.75) is 38.5 Å². The minimum atomic E-state index is -4.39. The summed E-state index contributed by atoms with van der Waals surface area (Å²) in [4.78, 5) is 25.5. The van der Waals surface area contributed by atoms with Gasteiger partial charge in [-0.1, -0.05) is 42.5 Å². The summed E-state index contributed by atoms with van der Waals surface area (Å²) < 4.78 is 52.5. The van der Waals surface area contributed by atoms with Gasteiger partial charge >= 0.3 is 18.2 Å². The highest BCUT2D eigenvalue weighted by Crippen LogP contribution is 2.16. The number of hydrogen-bond acceptors (Lipinski definition) is 5. The molecule has 0 heterocycles. The number of carbonyl (C=O) groups excluding carboxylic acids is 1. The van der Waals surface area contributed by atoms with Crippen LogP contribution in [0.2, 0.25) is 0 Å². The maximum atomic E-state index is 12.7. The van der Waals surface area contributed by atoms with Crippen LogP contribution in [0.1, 0.15) is 24.5 Å². The second-order valence-corrected chi connectivity index (χ2v) is 8.45. The third-order valence-corrected chi connectivity index (χ3v) is 5.42. The van der Waals surface area contributed by atoms with Crippen molar-refractivity contribution >= 4 is 12.0 Å². The molecular weight excluding hydrogens is 505 g/mol. The first-order valence-corrected chi connectivity index (χ1v) is 12.4. The molecule has 2 aromatic carbocycles. The van der Waals surface area contributed by atoms with Gasteiger partial charge in [-0.15, -0.1) is 0 Å². The molecule has 11 heteroatoms. The van der Waals surface area contributed by atoms with Crippen molar-refractivity contribution in [3.05, 3.63) is 65.7 Å². The molecule has 0 fully saturated rings. The van der Waals surface area contributed by atoms with E-state index in [-0.39, 0.29) is 45.2 Å². The topological polar surface area (TPSA) is 97.3 Å². The summed E-state index contributed by atoms with van der Waals surface area (Å²) in [7, 11) is 0. The number of nitrogens with one attached hydrogen (secondary N) is 1. The molecule has 2 rings (SSSR count). The molecule has 1 atom stereocenters. The summed E-state index contributed by atoms with van der Waals surface area (Å²) in [5, 5.41) is 12.1. The lowest BCUT2D eigenvalue weighted by molar-refractivity contribution is -0.174. The Morgan fingerprint density at radius 3 is 2.34 bits per heavy atom. The molecule has 2 N–H and O–H groups in total. The van der Waals surface area contributed by atoms with Gasteiger partial charge in [0.25, 0.3) is 0 Å². The maximum Gasteiger partial charge on any atom is 0.411 e. The van der Waals surface area contributed by atoms with E-state index in [9.17, 15) is 27.9 Å². The fourth-order valence-electron chi connectivity index (χ4n) is 3.56. The average molecular weight is 541 g/mol. The third-order valence-electron chi connectivity index (χ3n) is 5.42. The predicted octanol–water partition coefficient (Wildman–Crippen LogP) is 4.32. The van der Waals surface area contributed by atoms with E-state index in [1.54, 1.807) is 31.2 Å². The fraction of sp³-hybridized carbons (Fsp3) is 0.481.